The molecule has 0 aliphatic carbocycles. The van der Waals surface area contributed by atoms with Crippen molar-refractivity contribution in [3.63, 3.8) is 0 Å². The van der Waals surface area contributed by atoms with E-state index in [4.69, 9.17) is 0 Å². The number of carbonyl (C=O) groups excluding carboxylic acids is 3. The Kier molecular flexibility index (Phi) is 7.03. The Morgan fingerprint density at radius 3 is 2.59 bits per heavy atom. The normalized spacial score (nSPS) is 18.9. The summed E-state index contributed by atoms with van der Waals surface area (Å²) >= 11 is 0. The molecule has 1 spiro atoms. The van der Waals surface area contributed by atoms with E-state index in [1.807, 2.05) is 31.0 Å². The Morgan fingerprint density at radius 2 is 2.03 bits per heavy atom. The Hall–Kier alpha value is -2.25. The first-order valence-electron chi connectivity index (χ1n) is 10.5. The van der Waals surface area contributed by atoms with Gasteiger partial charge in [-0.1, -0.05) is 13.3 Å². The molecule has 0 aromatic heterocycles. The van der Waals surface area contributed by atoms with Gasteiger partial charge in [0.2, 0.25) is 12.3 Å². The molecule has 0 saturated carbocycles. The lowest BCUT2D eigenvalue weighted by Crippen LogP contribution is -2.58. The van der Waals surface area contributed by atoms with Crippen LogP contribution in [-0.4, -0.2) is 62.8 Å². The van der Waals surface area contributed by atoms with Crippen LogP contribution in [0.2, 0.25) is 0 Å². The highest BCUT2D eigenvalue weighted by atomic mass is 16.2. The number of nitrogens with one attached hydrogen (secondary N) is 2. The first kappa shape index (κ1) is 21.5. The summed E-state index contributed by atoms with van der Waals surface area (Å²) in [7, 11) is 1.86. The lowest BCUT2D eigenvalue weighted by molar-refractivity contribution is -0.129. The van der Waals surface area contributed by atoms with Crippen molar-refractivity contribution < 1.29 is 14.4 Å². The minimum absolute atomic E-state index is 0.302. The van der Waals surface area contributed by atoms with E-state index in [1.54, 1.807) is 0 Å². The molecule has 29 heavy (non-hydrogen) atoms. The van der Waals surface area contributed by atoms with Gasteiger partial charge in [-0.05, 0) is 55.5 Å². The summed E-state index contributed by atoms with van der Waals surface area (Å²) in [6, 6.07) is 5.57. The van der Waals surface area contributed by atoms with Crippen molar-refractivity contribution in [2.24, 2.45) is 5.41 Å². The number of likely N-dealkylation sites (N-methyl/N-ethyl adjacent to an activating group) is 1. The van der Waals surface area contributed by atoms with Gasteiger partial charge < -0.3 is 10.2 Å². The number of piperidine rings is 1. The smallest absolute Gasteiger partial charge is 0.243 e. The van der Waals surface area contributed by atoms with E-state index < -0.39 is 6.04 Å². The zero-order chi connectivity index (χ0) is 20.9. The van der Waals surface area contributed by atoms with Gasteiger partial charge in [-0.15, -0.1) is 0 Å². The summed E-state index contributed by atoms with van der Waals surface area (Å²) in [6.45, 7) is 6.79. The minimum atomic E-state index is -0.408. The van der Waals surface area contributed by atoms with Crippen molar-refractivity contribution in [3.8, 4) is 0 Å². The van der Waals surface area contributed by atoms with Crippen molar-refractivity contribution in [1.82, 2.24) is 15.5 Å². The highest BCUT2D eigenvalue weighted by Crippen LogP contribution is 2.36. The second kappa shape index (κ2) is 9.50. The van der Waals surface area contributed by atoms with Gasteiger partial charge in [0.05, 0.1) is 6.04 Å². The molecular weight excluding hydrogens is 368 g/mol. The van der Waals surface area contributed by atoms with Gasteiger partial charge in [0.1, 0.15) is 6.29 Å². The number of nitrogens with zero attached hydrogens (tertiary/aromatic N) is 2. The van der Waals surface area contributed by atoms with Crippen LogP contribution in [0.4, 0.5) is 5.69 Å². The fourth-order valence-corrected chi connectivity index (χ4v) is 4.47. The fourth-order valence-electron chi connectivity index (χ4n) is 4.47. The van der Waals surface area contributed by atoms with E-state index in [9.17, 15) is 14.4 Å². The number of hydrogen-bond acceptors (Lipinski definition) is 6. The molecule has 2 amide bonds. The van der Waals surface area contributed by atoms with Crippen molar-refractivity contribution >= 4 is 24.3 Å². The number of carbonyl (C=O) groups is 3. The second-order valence-electron chi connectivity index (χ2n) is 8.44. The summed E-state index contributed by atoms with van der Waals surface area (Å²) in [5.41, 5.74) is 3.17. The summed E-state index contributed by atoms with van der Waals surface area (Å²) in [5.74, 6) is -0.302. The number of hydrogen-bond donors (Lipinski definition) is 2. The van der Waals surface area contributed by atoms with E-state index in [-0.39, 0.29) is 5.91 Å². The van der Waals surface area contributed by atoms with Crippen molar-refractivity contribution in [1.29, 1.82) is 0 Å². The van der Waals surface area contributed by atoms with E-state index >= 15 is 0 Å². The van der Waals surface area contributed by atoms with Crippen molar-refractivity contribution in [2.75, 3.05) is 38.1 Å². The van der Waals surface area contributed by atoms with Gasteiger partial charge in [0.25, 0.3) is 0 Å². The Morgan fingerprint density at radius 1 is 1.31 bits per heavy atom. The maximum absolute atomic E-state index is 12.3. The molecule has 1 atom stereocenters. The van der Waals surface area contributed by atoms with Crippen molar-refractivity contribution in [3.05, 3.63) is 29.3 Å². The summed E-state index contributed by atoms with van der Waals surface area (Å²) in [5, 5.41) is 5.66. The number of amides is 2. The Labute approximate surface area is 172 Å². The predicted molar refractivity (Wildman–Crippen MR) is 113 cm³/mol. The molecule has 7 nitrogen and oxygen atoms in total. The molecule has 2 aliphatic heterocycles. The third kappa shape index (κ3) is 4.85. The molecular formula is C22H32N4O3. The second-order valence-corrected chi connectivity index (χ2v) is 8.44. The summed E-state index contributed by atoms with van der Waals surface area (Å²) in [6.07, 6.45) is 5.15. The minimum Gasteiger partial charge on any atom is -0.371 e. The van der Waals surface area contributed by atoms with Crippen LogP contribution in [0, 0.1) is 5.41 Å². The average Bonchev–Trinajstić information content (AvgIpc) is 2.71. The van der Waals surface area contributed by atoms with Gasteiger partial charge in [0.15, 0.2) is 0 Å². The van der Waals surface area contributed by atoms with Crippen LogP contribution in [0.3, 0.4) is 0 Å². The molecule has 2 fully saturated rings. The van der Waals surface area contributed by atoms with E-state index in [0.29, 0.717) is 30.4 Å². The van der Waals surface area contributed by atoms with Crippen LogP contribution in [0.1, 0.15) is 48.5 Å². The highest BCUT2D eigenvalue weighted by molar-refractivity contribution is 5.90. The van der Waals surface area contributed by atoms with E-state index in [1.165, 1.54) is 12.8 Å². The fraction of sp³-hybridized carbons (Fsp3) is 0.591. The van der Waals surface area contributed by atoms with E-state index in [0.717, 1.165) is 50.1 Å². The van der Waals surface area contributed by atoms with Crippen LogP contribution in [0.5, 0.6) is 0 Å². The molecule has 1 aromatic rings. The first-order valence-corrected chi connectivity index (χ1v) is 10.5. The maximum atomic E-state index is 12.3. The zero-order valence-corrected chi connectivity index (χ0v) is 17.4. The first-order chi connectivity index (χ1) is 14.0. The summed E-state index contributed by atoms with van der Waals surface area (Å²) in [4.78, 5) is 38.9. The van der Waals surface area contributed by atoms with E-state index in [2.05, 4.69) is 21.6 Å². The molecule has 0 radical (unpaired) electrons. The number of aldehydes is 1. The van der Waals surface area contributed by atoms with Gasteiger partial charge in [-0.25, -0.2) is 0 Å². The van der Waals surface area contributed by atoms with Crippen molar-refractivity contribution in [2.45, 2.75) is 45.2 Å². The number of benzene rings is 1. The molecule has 3 rings (SSSR count). The monoisotopic (exact) mass is 400 g/mol. The number of imide groups is 1. The largest absolute Gasteiger partial charge is 0.371 e. The third-order valence-corrected chi connectivity index (χ3v) is 6.46. The molecule has 1 aromatic carbocycles. The van der Waals surface area contributed by atoms with Crippen LogP contribution < -0.4 is 15.5 Å². The Balaban J connectivity index is 1.73. The number of anilines is 1. The molecule has 1 unspecified atom stereocenters. The van der Waals surface area contributed by atoms with Crippen LogP contribution in [-0.2, 0) is 16.1 Å². The van der Waals surface area contributed by atoms with Gasteiger partial charge in [0, 0.05) is 44.0 Å². The molecule has 2 N–H and O–H groups in total. The zero-order valence-electron chi connectivity index (χ0n) is 17.4. The van der Waals surface area contributed by atoms with Gasteiger partial charge >= 0.3 is 0 Å². The maximum Gasteiger partial charge on any atom is 0.243 e. The Bertz CT molecular complexity index is 738. The van der Waals surface area contributed by atoms with Gasteiger partial charge in [-0.3, -0.25) is 24.6 Å². The van der Waals surface area contributed by atoms with Crippen LogP contribution >= 0.6 is 0 Å². The third-order valence-electron chi connectivity index (χ3n) is 6.46. The van der Waals surface area contributed by atoms with Gasteiger partial charge in [-0.2, -0.15) is 0 Å². The average molecular weight is 401 g/mol. The quantitative estimate of drug-likeness (QED) is 0.613. The standard InChI is InChI=1S/C22H32N4O3/c1-3-4-20(21(29)24-16-28)25(2)12-18-11-19(6-5-17(18)13-27)26-9-7-22(8-10-26)14-23-15-22/h5-6,11,13,16,20,23H,3-4,7-10,12,14-15H2,1-2H3,(H,24,28,29). The molecule has 0 bridgehead atoms. The SMILES string of the molecule is CCCC(C(=O)NC=O)N(C)Cc1cc(N2CCC3(CC2)CNC3)ccc1C=O. The molecule has 2 saturated heterocycles. The highest BCUT2D eigenvalue weighted by Gasteiger charge is 2.39. The number of rotatable bonds is 9. The lowest BCUT2D eigenvalue weighted by Gasteiger charge is -2.49. The van der Waals surface area contributed by atoms with Crippen LogP contribution in [0.15, 0.2) is 18.2 Å². The summed E-state index contributed by atoms with van der Waals surface area (Å²) < 4.78 is 0. The molecule has 158 valence electrons. The molecule has 2 heterocycles. The molecule has 2 aliphatic rings. The topological polar surface area (TPSA) is 81.8 Å². The lowest BCUT2D eigenvalue weighted by atomic mass is 9.73. The predicted octanol–water partition coefficient (Wildman–Crippen LogP) is 1.56. The van der Waals surface area contributed by atoms with Crippen LogP contribution in [0.25, 0.3) is 0 Å². The molecule has 7 heteroatoms.